The van der Waals surface area contributed by atoms with Crippen LogP contribution in [0.1, 0.15) is 23.3 Å². The Morgan fingerprint density at radius 1 is 1.36 bits per heavy atom. The highest BCUT2D eigenvalue weighted by atomic mass is 32.2. The van der Waals surface area contributed by atoms with Crippen molar-refractivity contribution in [2.24, 2.45) is 11.7 Å². The number of rotatable bonds is 6. The van der Waals surface area contributed by atoms with Crippen molar-refractivity contribution in [1.82, 2.24) is 14.9 Å². The molecule has 1 aromatic rings. The SMILES string of the molecule is NC(=O)C1CSCCN1C(=O)c1cnc(N2CC(F)(F)C2)c(OCC2CC2)n1. The number of hydrogen-bond donors (Lipinski definition) is 1. The minimum absolute atomic E-state index is 0.0139. The van der Waals surface area contributed by atoms with E-state index in [-0.39, 0.29) is 17.4 Å². The zero-order valence-corrected chi connectivity index (χ0v) is 16.0. The molecule has 4 rings (SSSR count). The van der Waals surface area contributed by atoms with Gasteiger partial charge in [-0.05, 0) is 18.8 Å². The third kappa shape index (κ3) is 3.98. The molecule has 2 aliphatic heterocycles. The van der Waals surface area contributed by atoms with Crippen LogP contribution in [-0.2, 0) is 4.79 Å². The van der Waals surface area contributed by atoms with E-state index in [0.29, 0.717) is 30.6 Å². The van der Waals surface area contributed by atoms with Crippen LogP contribution in [0.3, 0.4) is 0 Å². The molecule has 11 heteroatoms. The molecule has 1 aliphatic carbocycles. The molecule has 1 unspecified atom stereocenters. The zero-order chi connectivity index (χ0) is 19.9. The van der Waals surface area contributed by atoms with Crippen LogP contribution in [0.4, 0.5) is 14.6 Å². The number of halogens is 2. The first kappa shape index (κ1) is 19.2. The van der Waals surface area contributed by atoms with Gasteiger partial charge in [-0.2, -0.15) is 11.8 Å². The van der Waals surface area contributed by atoms with Crippen LogP contribution in [-0.4, -0.2) is 76.4 Å². The van der Waals surface area contributed by atoms with Crippen LogP contribution in [0, 0.1) is 5.92 Å². The van der Waals surface area contributed by atoms with E-state index in [9.17, 15) is 18.4 Å². The first-order chi connectivity index (χ1) is 13.3. The average Bonchev–Trinajstić information content (AvgIpc) is 3.48. The molecule has 0 bridgehead atoms. The van der Waals surface area contributed by atoms with Crippen LogP contribution in [0.15, 0.2) is 6.20 Å². The fourth-order valence-corrected chi connectivity index (χ4v) is 4.22. The number of amides is 2. The molecule has 1 atom stereocenters. The van der Waals surface area contributed by atoms with Gasteiger partial charge >= 0.3 is 0 Å². The third-order valence-electron chi connectivity index (χ3n) is 4.96. The highest BCUT2D eigenvalue weighted by molar-refractivity contribution is 7.99. The molecule has 0 spiro atoms. The number of ether oxygens (including phenoxy) is 1. The summed E-state index contributed by atoms with van der Waals surface area (Å²) in [5.41, 5.74) is 5.44. The summed E-state index contributed by atoms with van der Waals surface area (Å²) in [5, 5.41) is 0. The minimum Gasteiger partial charge on any atom is -0.475 e. The van der Waals surface area contributed by atoms with Gasteiger partial charge in [0.05, 0.1) is 25.9 Å². The first-order valence-corrected chi connectivity index (χ1v) is 10.3. The Bertz CT molecular complexity index is 784. The topological polar surface area (TPSA) is 102 Å². The Kier molecular flexibility index (Phi) is 5.02. The van der Waals surface area contributed by atoms with Gasteiger partial charge < -0.3 is 20.3 Å². The van der Waals surface area contributed by atoms with Crippen molar-refractivity contribution in [1.29, 1.82) is 0 Å². The molecular formula is C17H21F2N5O3S. The molecule has 0 radical (unpaired) electrons. The van der Waals surface area contributed by atoms with E-state index in [0.717, 1.165) is 12.8 Å². The van der Waals surface area contributed by atoms with Gasteiger partial charge in [-0.3, -0.25) is 9.59 Å². The number of aromatic nitrogens is 2. The van der Waals surface area contributed by atoms with E-state index in [4.69, 9.17) is 10.5 Å². The smallest absolute Gasteiger partial charge is 0.282 e. The Morgan fingerprint density at radius 2 is 2.11 bits per heavy atom. The van der Waals surface area contributed by atoms with E-state index >= 15 is 0 Å². The Balaban J connectivity index is 1.57. The van der Waals surface area contributed by atoms with Crippen molar-refractivity contribution < 1.29 is 23.1 Å². The molecule has 3 fully saturated rings. The van der Waals surface area contributed by atoms with Crippen LogP contribution < -0.4 is 15.4 Å². The van der Waals surface area contributed by atoms with Crippen LogP contribution in [0.25, 0.3) is 0 Å². The molecule has 152 valence electrons. The molecule has 3 aliphatic rings. The van der Waals surface area contributed by atoms with Crippen molar-refractivity contribution in [2.75, 3.05) is 42.6 Å². The quantitative estimate of drug-likeness (QED) is 0.735. The molecule has 2 N–H and O–H groups in total. The number of anilines is 1. The predicted molar refractivity (Wildman–Crippen MR) is 98.8 cm³/mol. The lowest BCUT2D eigenvalue weighted by molar-refractivity contribution is -0.121. The van der Waals surface area contributed by atoms with Gasteiger partial charge in [0.2, 0.25) is 5.91 Å². The Labute approximate surface area is 164 Å². The first-order valence-electron chi connectivity index (χ1n) is 9.15. The molecular weight excluding hydrogens is 392 g/mol. The highest BCUT2D eigenvalue weighted by Gasteiger charge is 2.46. The molecule has 2 amide bonds. The lowest BCUT2D eigenvalue weighted by Crippen LogP contribution is -2.57. The van der Waals surface area contributed by atoms with Crippen molar-refractivity contribution in [2.45, 2.75) is 24.8 Å². The molecule has 0 aromatic carbocycles. The van der Waals surface area contributed by atoms with Gasteiger partial charge in [0.25, 0.3) is 17.7 Å². The second kappa shape index (κ2) is 7.34. The van der Waals surface area contributed by atoms with Crippen molar-refractivity contribution in [3.8, 4) is 5.88 Å². The number of alkyl halides is 2. The summed E-state index contributed by atoms with van der Waals surface area (Å²) in [7, 11) is 0. The third-order valence-corrected chi connectivity index (χ3v) is 5.98. The summed E-state index contributed by atoms with van der Waals surface area (Å²) in [6, 6.07) is -0.711. The average molecular weight is 413 g/mol. The normalized spacial score (nSPS) is 23.9. The van der Waals surface area contributed by atoms with Crippen LogP contribution >= 0.6 is 11.8 Å². The van der Waals surface area contributed by atoms with Gasteiger partial charge in [-0.15, -0.1) is 0 Å². The maximum Gasteiger partial charge on any atom is 0.282 e. The number of carbonyl (C=O) groups excluding carboxylic acids is 2. The Hall–Kier alpha value is -2.17. The number of carbonyl (C=O) groups is 2. The highest BCUT2D eigenvalue weighted by Crippen LogP contribution is 2.36. The van der Waals surface area contributed by atoms with Gasteiger partial charge in [0.1, 0.15) is 6.04 Å². The summed E-state index contributed by atoms with van der Waals surface area (Å²) >= 11 is 1.55. The van der Waals surface area contributed by atoms with Gasteiger partial charge in [0.15, 0.2) is 11.5 Å². The maximum absolute atomic E-state index is 13.3. The summed E-state index contributed by atoms with van der Waals surface area (Å²) in [6.45, 7) is -0.130. The second-order valence-electron chi connectivity index (χ2n) is 7.34. The van der Waals surface area contributed by atoms with Crippen molar-refractivity contribution in [3.63, 3.8) is 0 Å². The van der Waals surface area contributed by atoms with Gasteiger partial charge in [-0.25, -0.2) is 18.7 Å². The largest absolute Gasteiger partial charge is 0.475 e. The van der Waals surface area contributed by atoms with E-state index in [1.165, 1.54) is 16.0 Å². The number of thioether (sulfide) groups is 1. The monoisotopic (exact) mass is 413 g/mol. The van der Waals surface area contributed by atoms with E-state index in [2.05, 4.69) is 9.97 Å². The summed E-state index contributed by atoms with van der Waals surface area (Å²) < 4.78 is 32.2. The second-order valence-corrected chi connectivity index (χ2v) is 8.49. The van der Waals surface area contributed by atoms with E-state index in [1.54, 1.807) is 11.8 Å². The summed E-state index contributed by atoms with van der Waals surface area (Å²) in [6.07, 6.45) is 3.35. The molecule has 8 nitrogen and oxygen atoms in total. The number of nitrogens with two attached hydrogens (primary N) is 1. The molecule has 3 heterocycles. The maximum atomic E-state index is 13.3. The van der Waals surface area contributed by atoms with E-state index < -0.39 is 36.9 Å². The van der Waals surface area contributed by atoms with Crippen molar-refractivity contribution in [3.05, 3.63) is 11.9 Å². The molecule has 2 saturated heterocycles. The fourth-order valence-electron chi connectivity index (χ4n) is 3.16. The fraction of sp³-hybridized carbons (Fsp3) is 0.647. The molecule has 28 heavy (non-hydrogen) atoms. The number of primary amides is 1. The lowest BCUT2D eigenvalue weighted by atomic mass is 10.1. The molecule has 1 aromatic heterocycles. The number of nitrogens with zero attached hydrogens (tertiary/aromatic N) is 4. The summed E-state index contributed by atoms with van der Waals surface area (Å²) in [5.74, 6) is -1.96. The Morgan fingerprint density at radius 3 is 2.75 bits per heavy atom. The number of hydrogen-bond acceptors (Lipinski definition) is 7. The standard InChI is InChI=1S/C17H21F2N5O3S/c18-17(19)8-23(9-17)14-15(27-6-10-1-2-10)22-11(5-21-14)16(26)24-3-4-28-7-12(24)13(20)25/h5,10,12H,1-4,6-9H2,(H2,20,25). The summed E-state index contributed by atoms with van der Waals surface area (Å²) in [4.78, 5) is 35.8. The van der Waals surface area contributed by atoms with E-state index in [1.807, 2.05) is 0 Å². The van der Waals surface area contributed by atoms with Gasteiger partial charge in [0, 0.05) is 18.1 Å². The minimum atomic E-state index is -2.76. The zero-order valence-electron chi connectivity index (χ0n) is 15.1. The predicted octanol–water partition coefficient (Wildman–Crippen LogP) is 0.764. The molecule has 1 saturated carbocycles. The van der Waals surface area contributed by atoms with Crippen molar-refractivity contribution >= 4 is 29.4 Å². The lowest BCUT2D eigenvalue weighted by Gasteiger charge is -2.39. The van der Waals surface area contributed by atoms with Crippen LogP contribution in [0.5, 0.6) is 5.88 Å². The van der Waals surface area contributed by atoms with Crippen LogP contribution in [0.2, 0.25) is 0 Å². The van der Waals surface area contributed by atoms with Gasteiger partial charge in [-0.1, -0.05) is 0 Å².